The number of rotatable bonds is 8. The van der Waals surface area contributed by atoms with Gasteiger partial charge in [-0.15, -0.1) is 0 Å². The summed E-state index contributed by atoms with van der Waals surface area (Å²) in [7, 11) is -2.42. The Morgan fingerprint density at radius 2 is 1.65 bits per heavy atom. The maximum atomic E-state index is 13.6. The van der Waals surface area contributed by atoms with Gasteiger partial charge in [-0.05, 0) is 57.5 Å². The summed E-state index contributed by atoms with van der Waals surface area (Å²) in [6.07, 6.45) is 1.15. The van der Waals surface area contributed by atoms with Crippen molar-refractivity contribution in [2.45, 2.75) is 43.5 Å². The minimum atomic E-state index is -3.90. The van der Waals surface area contributed by atoms with Gasteiger partial charge in [0, 0.05) is 11.5 Å². The first-order valence-electron chi connectivity index (χ1n) is 10.5. The van der Waals surface area contributed by atoms with Gasteiger partial charge < -0.3 is 15.4 Å². The maximum absolute atomic E-state index is 13.6. The van der Waals surface area contributed by atoms with Gasteiger partial charge in [-0.2, -0.15) is 0 Å². The zero-order chi connectivity index (χ0) is 22.5. The molecule has 0 saturated carbocycles. The normalized spacial score (nSPS) is 17.2. The van der Waals surface area contributed by atoms with Crippen molar-refractivity contribution in [1.82, 2.24) is 15.4 Å². The van der Waals surface area contributed by atoms with Crippen molar-refractivity contribution in [1.29, 1.82) is 0 Å². The highest BCUT2D eigenvalue weighted by molar-refractivity contribution is 7.90. The zero-order valence-electron chi connectivity index (χ0n) is 18.2. The number of sulfonamides is 1. The number of nitrogens with one attached hydrogen (secondary N) is 3. The highest BCUT2D eigenvalue weighted by Gasteiger charge is 2.49. The minimum absolute atomic E-state index is 0.298. The van der Waals surface area contributed by atoms with Crippen LogP contribution < -0.4 is 20.1 Å². The van der Waals surface area contributed by atoms with Crippen LogP contribution in [0.15, 0.2) is 54.6 Å². The molecular weight excluding hydrogens is 414 g/mol. The average molecular weight is 446 g/mol. The molecule has 0 bridgehead atoms. The van der Waals surface area contributed by atoms with E-state index < -0.39 is 26.7 Å². The fraction of sp³-hybridized carbons (Fsp3) is 0.435. The molecule has 168 valence electrons. The molecule has 7 nitrogen and oxygen atoms in total. The van der Waals surface area contributed by atoms with Crippen molar-refractivity contribution in [2.75, 3.05) is 20.2 Å². The molecule has 1 heterocycles. The van der Waals surface area contributed by atoms with E-state index in [2.05, 4.69) is 15.4 Å². The van der Waals surface area contributed by atoms with Gasteiger partial charge in [0.05, 0.1) is 12.7 Å². The van der Waals surface area contributed by atoms with Crippen molar-refractivity contribution in [3.63, 3.8) is 0 Å². The smallest absolute Gasteiger partial charge is 0.256 e. The van der Waals surface area contributed by atoms with E-state index >= 15 is 0 Å². The van der Waals surface area contributed by atoms with E-state index in [9.17, 15) is 13.2 Å². The number of hydrogen-bond donors (Lipinski definition) is 3. The molecule has 8 heteroatoms. The van der Waals surface area contributed by atoms with Gasteiger partial charge in [0.2, 0.25) is 10.0 Å². The van der Waals surface area contributed by atoms with Crippen LogP contribution in [0.1, 0.15) is 42.6 Å². The SMILES string of the molecule is COc1ccccc1C(=O)NC(C1(c2ccccc2)CCNCC1)S(=O)(=O)NC(C)C. The zero-order valence-corrected chi connectivity index (χ0v) is 19.0. The summed E-state index contributed by atoms with van der Waals surface area (Å²) in [6, 6.07) is 16.1. The standard InChI is InChI=1S/C23H31N3O4S/c1-17(2)26-31(28,29)22(25-21(27)19-11-7-8-12-20(19)30-3)23(13-15-24-16-14-23)18-9-5-4-6-10-18/h4-12,17,22,24,26H,13-16H2,1-3H3,(H,25,27). The van der Waals surface area contributed by atoms with E-state index in [0.717, 1.165) is 5.56 Å². The number of carbonyl (C=O) groups is 1. The topological polar surface area (TPSA) is 96.5 Å². The summed E-state index contributed by atoms with van der Waals surface area (Å²) in [5.41, 5.74) is 0.424. The number of benzene rings is 2. The molecule has 1 aliphatic rings. The Bertz CT molecular complexity index is 987. The van der Waals surface area contributed by atoms with Crippen molar-refractivity contribution in [3.05, 3.63) is 65.7 Å². The van der Waals surface area contributed by atoms with Crippen LogP contribution in [-0.4, -0.2) is 45.9 Å². The third-order valence-electron chi connectivity index (χ3n) is 5.67. The Kier molecular flexibility index (Phi) is 7.35. The van der Waals surface area contributed by atoms with Gasteiger partial charge in [0.1, 0.15) is 5.75 Å². The minimum Gasteiger partial charge on any atom is -0.496 e. The monoisotopic (exact) mass is 445 g/mol. The Labute approximate surface area is 184 Å². The van der Waals surface area contributed by atoms with Gasteiger partial charge in [0.25, 0.3) is 5.91 Å². The highest BCUT2D eigenvalue weighted by Crippen LogP contribution is 2.39. The molecule has 2 aromatic carbocycles. The number of carbonyl (C=O) groups excluding carboxylic acids is 1. The Hall–Kier alpha value is -2.42. The number of ether oxygens (including phenoxy) is 1. The van der Waals surface area contributed by atoms with Crippen LogP contribution in [0.4, 0.5) is 0 Å². The molecule has 1 unspecified atom stereocenters. The molecule has 1 fully saturated rings. The number of amides is 1. The summed E-state index contributed by atoms with van der Waals surface area (Å²) in [6.45, 7) is 4.86. The number of methoxy groups -OCH3 is 1. The lowest BCUT2D eigenvalue weighted by Crippen LogP contribution is -2.61. The van der Waals surface area contributed by atoms with Crippen LogP contribution in [0.5, 0.6) is 5.75 Å². The Morgan fingerprint density at radius 1 is 1.03 bits per heavy atom. The van der Waals surface area contributed by atoms with Crippen LogP contribution in [0.3, 0.4) is 0 Å². The molecule has 0 radical (unpaired) electrons. The van der Waals surface area contributed by atoms with Crippen LogP contribution in [-0.2, 0) is 15.4 Å². The van der Waals surface area contributed by atoms with E-state index in [-0.39, 0.29) is 6.04 Å². The third-order valence-corrected chi connectivity index (χ3v) is 7.66. The summed E-state index contributed by atoms with van der Waals surface area (Å²) in [4.78, 5) is 13.3. The molecule has 1 saturated heterocycles. The number of hydrogen-bond acceptors (Lipinski definition) is 5. The summed E-state index contributed by atoms with van der Waals surface area (Å²) < 4.78 is 35.1. The van der Waals surface area contributed by atoms with Crippen molar-refractivity contribution in [3.8, 4) is 5.75 Å². The quantitative estimate of drug-likeness (QED) is 0.580. The molecule has 1 amide bonds. The van der Waals surface area contributed by atoms with Gasteiger partial charge in [-0.1, -0.05) is 42.5 Å². The van der Waals surface area contributed by atoms with E-state index in [4.69, 9.17) is 4.74 Å². The summed E-state index contributed by atoms with van der Waals surface area (Å²) in [5.74, 6) is -0.0857. The predicted molar refractivity (Wildman–Crippen MR) is 122 cm³/mol. The molecule has 1 atom stereocenters. The second-order valence-electron chi connectivity index (χ2n) is 8.14. The first-order valence-corrected chi connectivity index (χ1v) is 12.1. The lowest BCUT2D eigenvalue weighted by atomic mass is 9.72. The molecule has 0 aromatic heterocycles. The maximum Gasteiger partial charge on any atom is 0.256 e. The first kappa shape index (κ1) is 23.2. The molecule has 0 aliphatic carbocycles. The molecule has 1 aliphatic heterocycles. The van der Waals surface area contributed by atoms with E-state index in [1.165, 1.54) is 7.11 Å². The largest absolute Gasteiger partial charge is 0.496 e. The molecular formula is C23H31N3O4S. The lowest BCUT2D eigenvalue weighted by molar-refractivity contribution is 0.0922. The highest BCUT2D eigenvalue weighted by atomic mass is 32.2. The molecule has 2 aromatic rings. The fourth-order valence-electron chi connectivity index (χ4n) is 4.28. The van der Waals surface area contributed by atoms with E-state index in [1.54, 1.807) is 38.1 Å². The average Bonchev–Trinajstić information content (AvgIpc) is 2.77. The van der Waals surface area contributed by atoms with Crippen LogP contribution in [0.25, 0.3) is 0 Å². The first-order chi connectivity index (χ1) is 14.8. The fourth-order valence-corrected chi connectivity index (χ4v) is 6.30. The Morgan fingerprint density at radius 3 is 2.26 bits per heavy atom. The molecule has 0 spiro atoms. The van der Waals surface area contributed by atoms with Crippen molar-refractivity contribution >= 4 is 15.9 Å². The van der Waals surface area contributed by atoms with Crippen LogP contribution >= 0.6 is 0 Å². The van der Waals surface area contributed by atoms with Crippen molar-refractivity contribution < 1.29 is 17.9 Å². The summed E-state index contributed by atoms with van der Waals surface area (Å²) in [5, 5.41) is 5.03. The second-order valence-corrected chi connectivity index (χ2v) is 9.94. The van der Waals surface area contributed by atoms with Gasteiger partial charge in [0.15, 0.2) is 5.37 Å². The van der Waals surface area contributed by atoms with Crippen molar-refractivity contribution in [2.24, 2.45) is 0 Å². The molecule has 3 rings (SSSR count). The molecule has 31 heavy (non-hydrogen) atoms. The molecule has 3 N–H and O–H groups in total. The summed E-state index contributed by atoms with van der Waals surface area (Å²) >= 11 is 0. The van der Waals surface area contributed by atoms with Crippen LogP contribution in [0, 0.1) is 0 Å². The third kappa shape index (κ3) is 5.08. The van der Waals surface area contributed by atoms with Crippen LogP contribution in [0.2, 0.25) is 0 Å². The van der Waals surface area contributed by atoms with E-state index in [0.29, 0.717) is 37.2 Å². The lowest BCUT2D eigenvalue weighted by Gasteiger charge is -2.44. The second kappa shape index (κ2) is 9.80. The van der Waals surface area contributed by atoms with E-state index in [1.807, 2.05) is 30.3 Å². The number of para-hydroxylation sites is 1. The number of piperidine rings is 1. The predicted octanol–water partition coefficient (Wildman–Crippen LogP) is 2.40. The van der Waals surface area contributed by atoms with Gasteiger partial charge in [-0.3, -0.25) is 4.79 Å². The van der Waals surface area contributed by atoms with Gasteiger partial charge in [-0.25, -0.2) is 13.1 Å². The van der Waals surface area contributed by atoms with Gasteiger partial charge >= 0.3 is 0 Å². The Balaban J connectivity index is 2.10.